The monoisotopic (exact) mass is 590 g/mol. The summed E-state index contributed by atoms with van der Waals surface area (Å²) in [4.78, 5) is 44.3. The molecule has 3 N–H and O–H groups in total. The zero-order valence-corrected chi connectivity index (χ0v) is 21.6. The fourth-order valence-corrected chi connectivity index (χ4v) is 4.66. The van der Waals surface area contributed by atoms with Crippen LogP contribution < -0.4 is 16.0 Å². The van der Waals surface area contributed by atoms with Crippen molar-refractivity contribution in [1.29, 1.82) is 0 Å². The summed E-state index contributed by atoms with van der Waals surface area (Å²) in [6, 6.07) is 14.7. The Morgan fingerprint density at radius 3 is 2.02 bits per heavy atom. The van der Waals surface area contributed by atoms with Gasteiger partial charge in [-0.15, -0.1) is 11.6 Å². The van der Waals surface area contributed by atoms with E-state index in [9.17, 15) is 40.7 Å². The number of nitrogens with zero attached hydrogens (tertiary/aromatic N) is 2. The van der Waals surface area contributed by atoms with Crippen molar-refractivity contribution < 1.29 is 40.7 Å². The molecule has 0 unspecified atom stereocenters. The number of alkyl halides is 7. The van der Waals surface area contributed by atoms with Crippen molar-refractivity contribution in [2.24, 2.45) is 22.6 Å². The van der Waals surface area contributed by atoms with E-state index in [2.05, 4.69) is 10.3 Å². The number of primary amides is 1. The molecule has 0 saturated heterocycles. The van der Waals surface area contributed by atoms with Gasteiger partial charge in [-0.05, 0) is 18.9 Å². The fourth-order valence-electron chi connectivity index (χ4n) is 4.41. The van der Waals surface area contributed by atoms with Crippen molar-refractivity contribution in [2.45, 2.75) is 44.2 Å². The minimum absolute atomic E-state index is 0.248. The molecule has 40 heavy (non-hydrogen) atoms. The number of hydrogen-bond acceptors (Lipinski definition) is 4. The zero-order chi connectivity index (χ0) is 29.7. The Labute approximate surface area is 230 Å². The molecular weight excluding hydrogens is 566 g/mol. The van der Waals surface area contributed by atoms with Gasteiger partial charge in [-0.25, -0.2) is 4.99 Å². The summed E-state index contributed by atoms with van der Waals surface area (Å²) in [5, 5.41) is 2.24. The minimum atomic E-state index is -4.78. The normalized spacial score (nSPS) is 17.4. The van der Waals surface area contributed by atoms with E-state index in [1.54, 1.807) is 54.6 Å². The highest BCUT2D eigenvalue weighted by Gasteiger charge is 2.41. The van der Waals surface area contributed by atoms with E-state index >= 15 is 0 Å². The average Bonchev–Trinajstić information content (AvgIpc) is 2.99. The van der Waals surface area contributed by atoms with E-state index in [1.807, 2.05) is 0 Å². The summed E-state index contributed by atoms with van der Waals surface area (Å²) < 4.78 is 77.8. The predicted octanol–water partition coefficient (Wildman–Crippen LogP) is 4.91. The lowest BCUT2D eigenvalue weighted by Crippen LogP contribution is -2.50. The highest BCUT2D eigenvalue weighted by atomic mass is 35.5. The molecule has 0 saturated carbocycles. The van der Waals surface area contributed by atoms with Gasteiger partial charge in [-0.3, -0.25) is 19.3 Å². The third kappa shape index (κ3) is 7.96. The summed E-state index contributed by atoms with van der Waals surface area (Å²) in [5.74, 6) is -7.29. The van der Waals surface area contributed by atoms with Crippen LogP contribution in [-0.4, -0.2) is 48.0 Å². The van der Waals surface area contributed by atoms with Gasteiger partial charge in [0.25, 0.3) is 5.91 Å². The van der Waals surface area contributed by atoms with E-state index in [0.29, 0.717) is 16.8 Å². The Morgan fingerprint density at radius 2 is 1.48 bits per heavy atom. The molecule has 3 atom stereocenters. The molecule has 0 aromatic heterocycles. The fraction of sp³-hybridized carbons (Fsp3) is 0.385. The number of benzodiazepines with no additional fused rings is 1. The second-order valence-corrected chi connectivity index (χ2v) is 9.32. The van der Waals surface area contributed by atoms with Crippen LogP contribution in [0.3, 0.4) is 0 Å². The molecule has 1 heterocycles. The van der Waals surface area contributed by atoms with Crippen molar-refractivity contribution in [3.8, 4) is 0 Å². The first-order chi connectivity index (χ1) is 18.7. The molecule has 0 fully saturated rings. The van der Waals surface area contributed by atoms with Gasteiger partial charge in [0.2, 0.25) is 18.0 Å². The Kier molecular flexibility index (Phi) is 9.82. The summed E-state index contributed by atoms with van der Waals surface area (Å²) in [6.07, 6.45) is -16.4. The van der Waals surface area contributed by atoms with Crippen LogP contribution in [0, 0.1) is 11.8 Å². The van der Waals surface area contributed by atoms with Crippen LogP contribution in [-0.2, 0) is 14.4 Å². The predicted molar refractivity (Wildman–Crippen MR) is 135 cm³/mol. The standard InChI is InChI=1S/C26H25ClF6N4O3/c27-14-37-19-9-5-4-8-18(19)20(15-6-2-1-3-7-15)35-22(24(37)40)36-23(39)17(11-13-26(31,32)33)16(21(34)38)10-12-25(28,29)30/h1-9,16-17,22H,10-14H2,(H2,34,38)(H,36,39)/t16-,17+,22+/m0/s1. The van der Waals surface area contributed by atoms with Crippen molar-refractivity contribution >= 4 is 40.7 Å². The number of carbonyl (C=O) groups excluding carboxylic acids is 3. The van der Waals surface area contributed by atoms with Gasteiger partial charge in [0.15, 0.2) is 0 Å². The lowest BCUT2D eigenvalue weighted by atomic mass is 9.83. The highest BCUT2D eigenvalue weighted by molar-refractivity contribution is 6.25. The van der Waals surface area contributed by atoms with E-state index in [0.717, 1.165) is 4.90 Å². The number of anilines is 1. The second kappa shape index (κ2) is 12.7. The number of carbonyl (C=O) groups is 3. The van der Waals surface area contributed by atoms with Gasteiger partial charge in [-0.1, -0.05) is 48.5 Å². The SMILES string of the molecule is NC(=O)[C@@H](CCC(F)(F)F)[C@@H](CCC(F)(F)F)C(=O)N[C@H]1N=C(c2ccccc2)c2ccccc2N(CCl)C1=O. The minimum Gasteiger partial charge on any atom is -0.369 e. The van der Waals surface area contributed by atoms with Crippen molar-refractivity contribution in [3.63, 3.8) is 0 Å². The van der Waals surface area contributed by atoms with E-state index in [-0.39, 0.29) is 11.7 Å². The molecule has 0 radical (unpaired) electrons. The molecule has 14 heteroatoms. The maximum absolute atomic E-state index is 13.5. The average molecular weight is 591 g/mol. The summed E-state index contributed by atoms with van der Waals surface area (Å²) >= 11 is 6.06. The number of hydrogen-bond donors (Lipinski definition) is 2. The van der Waals surface area contributed by atoms with Gasteiger partial charge in [-0.2, -0.15) is 26.3 Å². The number of nitrogens with two attached hydrogens (primary N) is 1. The van der Waals surface area contributed by atoms with Crippen LogP contribution in [0.4, 0.5) is 32.0 Å². The van der Waals surface area contributed by atoms with Crippen LogP contribution in [0.25, 0.3) is 0 Å². The molecule has 2 aromatic rings. The summed E-state index contributed by atoms with van der Waals surface area (Å²) in [7, 11) is 0. The number of benzene rings is 2. The molecule has 0 bridgehead atoms. The van der Waals surface area contributed by atoms with Crippen molar-refractivity contribution in [3.05, 3.63) is 65.7 Å². The van der Waals surface area contributed by atoms with Crippen LogP contribution in [0.1, 0.15) is 36.8 Å². The van der Waals surface area contributed by atoms with Gasteiger partial charge in [0.05, 0.1) is 11.4 Å². The number of para-hydroxylation sites is 1. The highest BCUT2D eigenvalue weighted by Crippen LogP contribution is 2.33. The van der Waals surface area contributed by atoms with Crippen LogP contribution in [0.5, 0.6) is 0 Å². The topological polar surface area (TPSA) is 105 Å². The molecule has 7 nitrogen and oxygen atoms in total. The second-order valence-electron chi connectivity index (χ2n) is 9.08. The Bertz CT molecular complexity index is 1250. The first kappa shape index (κ1) is 30.9. The smallest absolute Gasteiger partial charge is 0.369 e. The first-order valence-corrected chi connectivity index (χ1v) is 12.6. The molecule has 216 valence electrons. The number of nitrogens with one attached hydrogen (secondary N) is 1. The van der Waals surface area contributed by atoms with Gasteiger partial charge >= 0.3 is 12.4 Å². The Balaban J connectivity index is 2.03. The lowest BCUT2D eigenvalue weighted by Gasteiger charge is -2.27. The number of halogens is 7. The Hall–Kier alpha value is -3.61. The maximum atomic E-state index is 13.5. The molecule has 0 spiro atoms. The molecule has 3 rings (SSSR count). The third-order valence-corrected chi connectivity index (χ3v) is 6.56. The van der Waals surface area contributed by atoms with Crippen molar-refractivity contribution in [2.75, 3.05) is 10.9 Å². The number of aliphatic imine (C=N–C) groups is 1. The quantitative estimate of drug-likeness (QED) is 0.233. The largest absolute Gasteiger partial charge is 0.389 e. The van der Waals surface area contributed by atoms with E-state index in [4.69, 9.17) is 17.3 Å². The van der Waals surface area contributed by atoms with Gasteiger partial charge < -0.3 is 11.1 Å². The molecular formula is C26H25ClF6N4O3. The number of rotatable bonds is 10. The maximum Gasteiger partial charge on any atom is 0.389 e. The molecule has 0 aliphatic carbocycles. The van der Waals surface area contributed by atoms with E-state index < -0.39 is 73.8 Å². The van der Waals surface area contributed by atoms with Gasteiger partial charge in [0.1, 0.15) is 6.00 Å². The van der Waals surface area contributed by atoms with Crippen LogP contribution in [0.2, 0.25) is 0 Å². The molecule has 3 amide bonds. The number of amides is 3. The van der Waals surface area contributed by atoms with E-state index in [1.165, 1.54) is 0 Å². The van der Waals surface area contributed by atoms with Crippen molar-refractivity contribution in [1.82, 2.24) is 5.32 Å². The summed E-state index contributed by atoms with van der Waals surface area (Å²) in [5.41, 5.74) is 6.83. The van der Waals surface area contributed by atoms with Crippen LogP contribution >= 0.6 is 11.6 Å². The lowest BCUT2D eigenvalue weighted by molar-refractivity contribution is -0.152. The molecule has 1 aliphatic heterocycles. The van der Waals surface area contributed by atoms with Crippen LogP contribution in [0.15, 0.2) is 59.6 Å². The summed E-state index contributed by atoms with van der Waals surface area (Å²) in [6.45, 7) is 0. The Morgan fingerprint density at radius 1 is 0.925 bits per heavy atom. The third-order valence-electron chi connectivity index (χ3n) is 6.32. The number of fused-ring (bicyclic) bond motifs is 1. The van der Waals surface area contributed by atoms with Gasteiger partial charge in [0, 0.05) is 35.8 Å². The first-order valence-electron chi connectivity index (χ1n) is 12.0. The molecule has 1 aliphatic rings. The molecule has 2 aromatic carbocycles. The zero-order valence-electron chi connectivity index (χ0n) is 20.8.